The maximum absolute atomic E-state index is 2.24. The molecule has 1 heterocycles. The summed E-state index contributed by atoms with van der Waals surface area (Å²) in [6.07, 6.45) is 0. The van der Waals surface area contributed by atoms with Crippen LogP contribution in [0.2, 0.25) is 0 Å². The van der Waals surface area contributed by atoms with Crippen molar-refractivity contribution in [3.63, 3.8) is 0 Å². The highest BCUT2D eigenvalue weighted by Gasteiger charge is 2.22. The quantitative estimate of drug-likeness (QED) is 0.498. The molecule has 1 rings (SSSR count). The molecule has 0 saturated carbocycles. The lowest BCUT2D eigenvalue weighted by Crippen LogP contribution is -2.49. The summed E-state index contributed by atoms with van der Waals surface area (Å²) in [5, 5.41) is 0. The summed E-state index contributed by atoms with van der Waals surface area (Å²) >= 11 is 0. The Bertz CT molecular complexity index is 222. The fourth-order valence-electron chi connectivity index (χ4n) is 1.47. The Balaban J connectivity index is 3.60. The molecule has 0 aliphatic carbocycles. The molecule has 0 radical (unpaired) electrons. The second-order valence-electron chi connectivity index (χ2n) is 3.46. The fraction of sp³-hybridized carbons (Fsp3) is 0.600. The van der Waals surface area contributed by atoms with Crippen LogP contribution in [0.25, 0.3) is 0 Å². The van der Waals surface area contributed by atoms with Crippen molar-refractivity contribution in [3.8, 4) is 0 Å². The van der Waals surface area contributed by atoms with Crippen LogP contribution in [-0.2, 0) is 14.1 Å². The predicted molar refractivity (Wildman–Crippen MR) is 47.7 cm³/mol. The summed E-state index contributed by atoms with van der Waals surface area (Å²) in [7, 11) is 4.23. The van der Waals surface area contributed by atoms with E-state index in [-0.39, 0.29) is 0 Å². The third kappa shape index (κ3) is 1.11. The zero-order valence-electron chi connectivity index (χ0n) is 8.89. The van der Waals surface area contributed by atoms with Crippen molar-refractivity contribution in [1.29, 1.82) is 0 Å². The van der Waals surface area contributed by atoms with Crippen LogP contribution in [-0.4, -0.2) is 0 Å². The smallest absolute Gasteiger partial charge is 0.192 e. The molecule has 66 valence electrons. The van der Waals surface area contributed by atoms with E-state index < -0.39 is 0 Å². The van der Waals surface area contributed by atoms with Crippen molar-refractivity contribution in [2.75, 3.05) is 0 Å². The summed E-state index contributed by atoms with van der Waals surface area (Å²) in [5.41, 5.74) is 5.34. The number of nitrogens with zero attached hydrogens (tertiary/aromatic N) is 2. The fourth-order valence-corrected chi connectivity index (χ4v) is 1.47. The Morgan fingerprint density at radius 1 is 0.583 bits per heavy atom. The van der Waals surface area contributed by atoms with Crippen LogP contribution >= 0.6 is 0 Å². The molecule has 0 N–H and O–H groups in total. The molecule has 1 aromatic heterocycles. The first kappa shape index (κ1) is 9.17. The Kier molecular flexibility index (Phi) is 2.18. The Labute approximate surface area is 74.5 Å². The van der Waals surface area contributed by atoms with Crippen LogP contribution in [0.1, 0.15) is 22.8 Å². The van der Waals surface area contributed by atoms with Gasteiger partial charge in [0.05, 0.1) is 0 Å². The molecule has 0 aromatic carbocycles. The van der Waals surface area contributed by atoms with Crippen LogP contribution in [0.5, 0.6) is 0 Å². The molecule has 0 atom stereocenters. The van der Waals surface area contributed by atoms with Gasteiger partial charge in [-0.1, -0.05) is 0 Å². The monoisotopic (exact) mass is 166 g/mol. The average molecular weight is 166 g/mol. The topological polar surface area (TPSA) is 7.76 Å². The molecule has 0 bridgehead atoms. The Morgan fingerprint density at radius 2 is 0.750 bits per heavy atom. The van der Waals surface area contributed by atoms with Crippen LogP contribution in [0, 0.1) is 27.7 Å². The van der Waals surface area contributed by atoms with E-state index >= 15 is 0 Å². The third-order valence-corrected chi connectivity index (χ3v) is 3.06. The average Bonchev–Trinajstić information content (AvgIpc) is 2.08. The summed E-state index contributed by atoms with van der Waals surface area (Å²) in [5.74, 6) is 0. The van der Waals surface area contributed by atoms with E-state index in [9.17, 15) is 0 Å². The van der Waals surface area contributed by atoms with Gasteiger partial charge in [-0.25, -0.2) is 0 Å². The number of hydrogen-bond donors (Lipinski definition) is 0. The molecule has 0 aliphatic heterocycles. The van der Waals surface area contributed by atoms with E-state index in [1.165, 1.54) is 22.8 Å². The summed E-state index contributed by atoms with van der Waals surface area (Å²) in [6.45, 7) is 8.62. The maximum atomic E-state index is 2.24. The van der Waals surface area contributed by atoms with Crippen molar-refractivity contribution in [2.45, 2.75) is 27.7 Å². The van der Waals surface area contributed by atoms with Gasteiger partial charge in [0, 0.05) is 27.7 Å². The molecular formula is C10H18N2+2. The zero-order chi connectivity index (χ0) is 9.46. The summed E-state index contributed by atoms with van der Waals surface area (Å²) in [6, 6.07) is 0. The van der Waals surface area contributed by atoms with Crippen molar-refractivity contribution < 1.29 is 9.13 Å². The van der Waals surface area contributed by atoms with Gasteiger partial charge in [-0.05, 0) is 0 Å². The number of aromatic nitrogens is 2. The van der Waals surface area contributed by atoms with Crippen molar-refractivity contribution in [1.82, 2.24) is 0 Å². The van der Waals surface area contributed by atoms with E-state index in [0.717, 1.165) is 0 Å². The van der Waals surface area contributed by atoms with Crippen LogP contribution in [0.4, 0.5) is 0 Å². The minimum atomic E-state index is 1.33. The van der Waals surface area contributed by atoms with Crippen molar-refractivity contribution in [2.24, 2.45) is 14.1 Å². The number of rotatable bonds is 0. The molecule has 0 amide bonds. The lowest BCUT2D eigenvalue weighted by Gasteiger charge is -2.03. The van der Waals surface area contributed by atoms with E-state index in [4.69, 9.17) is 0 Å². The highest BCUT2D eigenvalue weighted by Crippen LogP contribution is 1.99. The minimum Gasteiger partial charge on any atom is -0.192 e. The van der Waals surface area contributed by atoms with Crippen LogP contribution in [0.3, 0.4) is 0 Å². The van der Waals surface area contributed by atoms with Gasteiger partial charge in [0.1, 0.15) is 14.1 Å². The first-order valence-electron chi connectivity index (χ1n) is 4.29. The molecule has 0 aliphatic rings. The normalized spacial score (nSPS) is 10.5. The summed E-state index contributed by atoms with van der Waals surface area (Å²) in [4.78, 5) is 0. The standard InChI is InChI=1S/C10H18N2/c1-7-8(2)12(6)10(4)9(3)11(7)5/h1-6H3/q+2. The molecular weight excluding hydrogens is 148 g/mol. The van der Waals surface area contributed by atoms with Crippen LogP contribution < -0.4 is 9.13 Å². The summed E-state index contributed by atoms with van der Waals surface area (Å²) < 4.78 is 4.48. The van der Waals surface area contributed by atoms with Gasteiger partial charge in [0.15, 0.2) is 0 Å². The Morgan fingerprint density at radius 3 is 0.917 bits per heavy atom. The van der Waals surface area contributed by atoms with E-state index in [0.29, 0.717) is 0 Å². The van der Waals surface area contributed by atoms with Crippen molar-refractivity contribution >= 4 is 0 Å². The highest BCUT2D eigenvalue weighted by atomic mass is 15.0. The number of hydrogen-bond acceptors (Lipinski definition) is 0. The van der Waals surface area contributed by atoms with Gasteiger partial charge in [-0.15, -0.1) is 0 Å². The third-order valence-electron chi connectivity index (χ3n) is 3.06. The van der Waals surface area contributed by atoms with Gasteiger partial charge >= 0.3 is 0 Å². The molecule has 2 heteroatoms. The molecule has 0 saturated heterocycles. The van der Waals surface area contributed by atoms with Gasteiger partial charge in [-0.2, -0.15) is 9.13 Å². The van der Waals surface area contributed by atoms with Gasteiger partial charge in [0.2, 0.25) is 22.8 Å². The van der Waals surface area contributed by atoms with Gasteiger partial charge in [-0.3, -0.25) is 0 Å². The Hall–Kier alpha value is -0.920. The predicted octanol–water partition coefficient (Wildman–Crippen LogP) is 0.569. The van der Waals surface area contributed by atoms with Gasteiger partial charge in [0.25, 0.3) is 0 Å². The molecule has 2 nitrogen and oxygen atoms in total. The molecule has 12 heavy (non-hydrogen) atoms. The largest absolute Gasteiger partial charge is 0.245 e. The van der Waals surface area contributed by atoms with E-state index in [1.54, 1.807) is 0 Å². The van der Waals surface area contributed by atoms with E-state index in [1.807, 2.05) is 0 Å². The van der Waals surface area contributed by atoms with Gasteiger partial charge < -0.3 is 0 Å². The second-order valence-corrected chi connectivity index (χ2v) is 3.46. The van der Waals surface area contributed by atoms with Crippen LogP contribution in [0.15, 0.2) is 0 Å². The van der Waals surface area contributed by atoms with Crippen molar-refractivity contribution in [3.05, 3.63) is 22.8 Å². The SMILES string of the molecule is Cc1c(C)[n+](C)c(C)c(C)[n+]1C. The minimum absolute atomic E-state index is 1.33. The second kappa shape index (κ2) is 2.85. The molecule has 0 spiro atoms. The molecule has 1 aromatic rings. The first-order valence-corrected chi connectivity index (χ1v) is 4.29. The lowest BCUT2D eigenvalue weighted by molar-refractivity contribution is -0.743. The van der Waals surface area contributed by atoms with E-state index in [2.05, 4.69) is 50.9 Å². The highest BCUT2D eigenvalue weighted by molar-refractivity contribution is 5.01. The zero-order valence-corrected chi connectivity index (χ0v) is 8.89. The molecule has 0 unspecified atom stereocenters. The first-order chi connectivity index (χ1) is 5.46. The maximum Gasteiger partial charge on any atom is 0.245 e. The lowest BCUT2D eigenvalue weighted by atomic mass is 10.2. The molecule has 0 fully saturated rings.